The molecule has 1 aliphatic heterocycles. The van der Waals surface area contributed by atoms with Crippen molar-refractivity contribution in [3.05, 3.63) is 23.3 Å². The Balaban J connectivity index is 1.48. The third-order valence-electron chi connectivity index (χ3n) is 6.04. The van der Waals surface area contributed by atoms with Crippen LogP contribution in [0.5, 0.6) is 0 Å². The van der Waals surface area contributed by atoms with Crippen LogP contribution in [-0.2, 0) is 14.3 Å². The number of ketones is 1. The molecule has 0 spiro atoms. The lowest BCUT2D eigenvalue weighted by Gasteiger charge is -2.32. The van der Waals surface area contributed by atoms with Crippen molar-refractivity contribution in [1.82, 2.24) is 0 Å². The van der Waals surface area contributed by atoms with Gasteiger partial charge >= 0.3 is 0 Å². The molecule has 5 atom stereocenters. The fourth-order valence-corrected chi connectivity index (χ4v) is 4.57. The van der Waals surface area contributed by atoms with Gasteiger partial charge in [-0.15, -0.1) is 0 Å². The van der Waals surface area contributed by atoms with E-state index in [4.69, 9.17) is 9.47 Å². The Kier molecular flexibility index (Phi) is 7.04. The second-order valence-corrected chi connectivity index (χ2v) is 8.03. The lowest BCUT2D eigenvalue weighted by atomic mass is 9.76. The van der Waals surface area contributed by atoms with Gasteiger partial charge in [0.25, 0.3) is 0 Å². The summed E-state index contributed by atoms with van der Waals surface area (Å²) >= 11 is 0. The molecule has 1 heterocycles. The highest BCUT2D eigenvalue weighted by Crippen LogP contribution is 2.39. The van der Waals surface area contributed by atoms with E-state index in [1.165, 1.54) is 0 Å². The van der Waals surface area contributed by atoms with Crippen LogP contribution in [0, 0.1) is 5.92 Å². The van der Waals surface area contributed by atoms with E-state index in [0.29, 0.717) is 24.9 Å². The van der Waals surface area contributed by atoms with Gasteiger partial charge in [0.2, 0.25) is 0 Å². The number of allylic oxidation sites excluding steroid dienone is 3. The quantitative estimate of drug-likeness (QED) is 0.560. The first-order chi connectivity index (χ1) is 12.6. The number of methoxy groups -OCH3 is 1. The highest BCUT2D eigenvalue weighted by Gasteiger charge is 2.29. The van der Waals surface area contributed by atoms with Crippen LogP contribution >= 0.6 is 0 Å². The van der Waals surface area contributed by atoms with Crippen molar-refractivity contribution in [3.63, 3.8) is 0 Å². The third-order valence-corrected chi connectivity index (χ3v) is 6.04. The van der Waals surface area contributed by atoms with Crippen molar-refractivity contribution in [1.29, 1.82) is 0 Å². The number of aliphatic hydroxyl groups is 2. The summed E-state index contributed by atoms with van der Waals surface area (Å²) in [5.74, 6) is 0.489. The zero-order valence-corrected chi connectivity index (χ0v) is 15.7. The van der Waals surface area contributed by atoms with Gasteiger partial charge in [-0.25, -0.2) is 0 Å². The van der Waals surface area contributed by atoms with Crippen molar-refractivity contribution < 1.29 is 24.5 Å². The second kappa shape index (κ2) is 9.27. The lowest BCUT2D eigenvalue weighted by molar-refractivity contribution is -0.131. The molecule has 0 aromatic heterocycles. The minimum absolute atomic E-state index is 0.0451. The zero-order chi connectivity index (χ0) is 18.5. The SMILES string of the molecule is COC1CCC2=C(CCC(/C=C/C(=O)C[C@H]3C[C@@H](O)C[C@@H](CO)O3)C2)C1. The molecule has 0 radical (unpaired) electrons. The molecule has 0 amide bonds. The molecule has 1 fully saturated rings. The van der Waals surface area contributed by atoms with E-state index < -0.39 is 6.10 Å². The Hall–Kier alpha value is -1.01. The molecule has 2 aliphatic carbocycles. The Morgan fingerprint density at radius 1 is 1.19 bits per heavy atom. The minimum Gasteiger partial charge on any atom is -0.394 e. The summed E-state index contributed by atoms with van der Waals surface area (Å²) in [6, 6.07) is 0. The van der Waals surface area contributed by atoms with Gasteiger partial charge in [-0.1, -0.05) is 17.2 Å². The molecule has 0 aromatic carbocycles. The van der Waals surface area contributed by atoms with Gasteiger partial charge in [0, 0.05) is 26.4 Å². The third kappa shape index (κ3) is 5.26. The van der Waals surface area contributed by atoms with Crippen molar-refractivity contribution in [2.75, 3.05) is 13.7 Å². The fourth-order valence-electron chi connectivity index (χ4n) is 4.57. The van der Waals surface area contributed by atoms with Crippen LogP contribution in [0.1, 0.15) is 57.8 Å². The maximum absolute atomic E-state index is 12.3. The van der Waals surface area contributed by atoms with E-state index in [9.17, 15) is 15.0 Å². The molecule has 0 aromatic rings. The predicted octanol–water partition coefficient (Wildman–Crippen LogP) is 2.70. The summed E-state index contributed by atoms with van der Waals surface area (Å²) in [7, 11) is 1.80. The van der Waals surface area contributed by atoms with Gasteiger partial charge in [-0.2, -0.15) is 0 Å². The first-order valence-electron chi connectivity index (χ1n) is 9.95. The number of ether oxygens (including phenoxy) is 2. The summed E-state index contributed by atoms with van der Waals surface area (Å²) in [6.07, 6.45) is 10.8. The number of carbonyl (C=O) groups excluding carboxylic acids is 1. The highest BCUT2D eigenvalue weighted by molar-refractivity contribution is 5.90. The molecule has 146 valence electrons. The van der Waals surface area contributed by atoms with Crippen LogP contribution in [0.25, 0.3) is 0 Å². The summed E-state index contributed by atoms with van der Waals surface area (Å²) in [5.41, 5.74) is 3.16. The largest absolute Gasteiger partial charge is 0.394 e. The van der Waals surface area contributed by atoms with E-state index in [1.807, 2.05) is 0 Å². The minimum atomic E-state index is -0.492. The van der Waals surface area contributed by atoms with E-state index in [0.717, 1.165) is 38.5 Å². The Labute approximate surface area is 156 Å². The van der Waals surface area contributed by atoms with Crippen LogP contribution in [0.4, 0.5) is 0 Å². The molecule has 1 saturated heterocycles. The molecule has 2 N–H and O–H groups in total. The molecule has 3 aliphatic rings. The van der Waals surface area contributed by atoms with Crippen LogP contribution < -0.4 is 0 Å². The smallest absolute Gasteiger partial charge is 0.157 e. The standard InChI is InChI=1S/C21H32O5/c1-25-19-7-5-15-8-14(2-4-16(15)9-19)3-6-17(23)10-20-11-18(24)12-21(13-22)26-20/h3,6,14,18-22,24H,2,4-5,7-13H2,1H3/b6-3+/t14?,18-,19?,20+,21+/m1/s1. The molecule has 2 unspecified atom stereocenters. The van der Waals surface area contributed by atoms with Gasteiger partial charge in [-0.3, -0.25) is 4.79 Å². The predicted molar refractivity (Wildman–Crippen MR) is 98.8 cm³/mol. The van der Waals surface area contributed by atoms with Crippen LogP contribution in [0.2, 0.25) is 0 Å². The number of aliphatic hydroxyl groups excluding tert-OH is 2. The first-order valence-corrected chi connectivity index (χ1v) is 9.95. The van der Waals surface area contributed by atoms with Gasteiger partial charge in [0.15, 0.2) is 5.78 Å². The summed E-state index contributed by atoms with van der Waals surface area (Å²) in [4.78, 5) is 12.3. The average molecular weight is 364 g/mol. The van der Waals surface area contributed by atoms with Gasteiger partial charge in [-0.05, 0) is 50.5 Å². The molecule has 0 bridgehead atoms. The normalized spacial score (nSPS) is 35.6. The summed E-state index contributed by atoms with van der Waals surface area (Å²) in [5, 5.41) is 19.1. The Morgan fingerprint density at radius 2 is 1.92 bits per heavy atom. The summed E-state index contributed by atoms with van der Waals surface area (Å²) < 4.78 is 11.2. The topological polar surface area (TPSA) is 76.0 Å². The molecular formula is C21H32O5. The van der Waals surface area contributed by atoms with Crippen LogP contribution in [-0.4, -0.2) is 54.1 Å². The van der Waals surface area contributed by atoms with Gasteiger partial charge in [0.05, 0.1) is 31.0 Å². The zero-order valence-electron chi connectivity index (χ0n) is 15.7. The Morgan fingerprint density at radius 3 is 2.69 bits per heavy atom. The maximum atomic E-state index is 12.3. The monoisotopic (exact) mass is 364 g/mol. The number of hydrogen-bond donors (Lipinski definition) is 2. The lowest BCUT2D eigenvalue weighted by Crippen LogP contribution is -2.38. The van der Waals surface area contributed by atoms with Crippen molar-refractivity contribution in [2.45, 2.75) is 82.2 Å². The number of hydrogen-bond acceptors (Lipinski definition) is 5. The van der Waals surface area contributed by atoms with Crippen LogP contribution in [0.3, 0.4) is 0 Å². The molecule has 5 nitrogen and oxygen atoms in total. The summed E-state index contributed by atoms with van der Waals surface area (Å²) in [6.45, 7) is -0.110. The maximum Gasteiger partial charge on any atom is 0.157 e. The van der Waals surface area contributed by atoms with E-state index in [-0.39, 0.29) is 31.0 Å². The van der Waals surface area contributed by atoms with Gasteiger partial charge < -0.3 is 19.7 Å². The van der Waals surface area contributed by atoms with Crippen LogP contribution in [0.15, 0.2) is 23.3 Å². The van der Waals surface area contributed by atoms with Crippen molar-refractivity contribution >= 4 is 5.78 Å². The molecule has 0 saturated carbocycles. The highest BCUT2D eigenvalue weighted by atomic mass is 16.5. The van der Waals surface area contributed by atoms with Gasteiger partial charge in [0.1, 0.15) is 0 Å². The second-order valence-electron chi connectivity index (χ2n) is 8.03. The fraction of sp³-hybridized carbons (Fsp3) is 0.762. The van der Waals surface area contributed by atoms with E-state index in [2.05, 4.69) is 6.08 Å². The van der Waals surface area contributed by atoms with Crippen molar-refractivity contribution in [2.24, 2.45) is 5.92 Å². The van der Waals surface area contributed by atoms with E-state index >= 15 is 0 Å². The molecule has 5 heteroatoms. The molecular weight excluding hydrogens is 332 g/mol. The average Bonchev–Trinajstić information content (AvgIpc) is 2.65. The molecule has 3 rings (SSSR count). The number of rotatable bonds is 6. The van der Waals surface area contributed by atoms with E-state index in [1.54, 1.807) is 24.3 Å². The Bertz CT molecular complexity index is 553. The first kappa shape index (κ1) is 19.7. The number of carbonyl (C=O) groups is 1. The molecule has 26 heavy (non-hydrogen) atoms. The van der Waals surface area contributed by atoms with Crippen molar-refractivity contribution in [3.8, 4) is 0 Å².